The van der Waals surface area contributed by atoms with Crippen LogP contribution in [0.25, 0.3) is 71.4 Å². The smallest absolute Gasteiger partial charge is 0.0656 e. The Morgan fingerprint density at radius 1 is 0.419 bits per heavy atom. The number of aromatic nitrogens is 2. The van der Waals surface area contributed by atoms with E-state index in [-0.39, 0.29) is 0 Å². The molecule has 12 aromatic rings. The lowest BCUT2D eigenvalue weighted by atomic mass is 10.0. The zero-order chi connectivity index (χ0) is 41.8. The van der Waals surface area contributed by atoms with Crippen molar-refractivity contribution in [3.05, 3.63) is 210 Å². The van der Waals surface area contributed by atoms with Gasteiger partial charge in [-0.1, -0.05) is 127 Å². The average Bonchev–Trinajstić information content (AvgIpc) is 3.90. The zero-order valence-electron chi connectivity index (χ0n) is 35.3. The summed E-state index contributed by atoms with van der Waals surface area (Å²) in [5.41, 5.74) is 18.1. The Labute approximate surface area is 360 Å². The molecule has 12 rings (SSSR count). The molecule has 0 radical (unpaired) electrons. The second kappa shape index (κ2) is 13.6. The van der Waals surface area contributed by atoms with E-state index >= 15 is 0 Å². The summed E-state index contributed by atoms with van der Waals surface area (Å²) in [6.45, 7) is 12.8. The Hall–Kier alpha value is -7.82. The highest BCUT2D eigenvalue weighted by Crippen LogP contribution is 2.50. The summed E-state index contributed by atoms with van der Waals surface area (Å²) in [5, 5.41) is 9.96. The van der Waals surface area contributed by atoms with Crippen LogP contribution in [0.5, 0.6) is 0 Å². The second-order valence-electron chi connectivity index (χ2n) is 16.9. The van der Waals surface area contributed by atoms with E-state index in [2.05, 4.69) is 223 Å². The number of allylic oxidation sites excluding steroid dienone is 3. The van der Waals surface area contributed by atoms with Crippen molar-refractivity contribution in [3.8, 4) is 0 Å². The SMILES string of the molecule is C=C/C=C\C=c1\c2c(N(c3ccccc3)c3ccc(C)cc3C)ccc3c4cc5c(cc4n1c23)c1ccc(N(c2ccccc2)c2ccc(C)cc2C)c2c3ccccc3n5c12. The monoisotopic (exact) mass is 796 g/mol. The Bertz CT molecular complexity index is 3810. The number of aryl methyl sites for hydroxylation is 4. The third-order valence-electron chi connectivity index (χ3n) is 13.0. The van der Waals surface area contributed by atoms with Crippen LogP contribution in [0.4, 0.5) is 34.1 Å². The largest absolute Gasteiger partial charge is 0.310 e. The minimum absolute atomic E-state index is 1.13. The molecule has 0 aliphatic carbocycles. The first-order valence-electron chi connectivity index (χ1n) is 21.5. The molecular weight excluding hydrogens is 753 g/mol. The highest BCUT2D eigenvalue weighted by atomic mass is 15.2. The second-order valence-corrected chi connectivity index (χ2v) is 16.9. The first-order chi connectivity index (χ1) is 30.4. The summed E-state index contributed by atoms with van der Waals surface area (Å²) in [6, 6.07) is 58.4. The van der Waals surface area contributed by atoms with Gasteiger partial charge >= 0.3 is 0 Å². The number of hydrogen-bond acceptors (Lipinski definition) is 2. The molecule has 0 fully saturated rings. The van der Waals surface area contributed by atoms with E-state index in [0.29, 0.717) is 0 Å². The average molecular weight is 797 g/mol. The predicted octanol–water partition coefficient (Wildman–Crippen LogP) is 15.2. The lowest BCUT2D eigenvalue weighted by molar-refractivity contribution is 1.17. The van der Waals surface area contributed by atoms with Gasteiger partial charge in [-0.05, 0) is 112 Å². The van der Waals surface area contributed by atoms with Crippen molar-refractivity contribution in [3.63, 3.8) is 0 Å². The van der Waals surface area contributed by atoms with Gasteiger partial charge in [0.2, 0.25) is 0 Å². The lowest BCUT2D eigenvalue weighted by Crippen LogP contribution is -2.24. The van der Waals surface area contributed by atoms with Crippen LogP contribution in [0.15, 0.2) is 183 Å². The third kappa shape index (κ3) is 5.07. The van der Waals surface area contributed by atoms with Crippen molar-refractivity contribution < 1.29 is 0 Å². The van der Waals surface area contributed by atoms with Crippen molar-refractivity contribution in [2.45, 2.75) is 27.7 Å². The molecule has 0 spiro atoms. The van der Waals surface area contributed by atoms with E-state index < -0.39 is 0 Å². The van der Waals surface area contributed by atoms with Crippen molar-refractivity contribution in [1.29, 1.82) is 0 Å². The summed E-state index contributed by atoms with van der Waals surface area (Å²) >= 11 is 0. The third-order valence-corrected chi connectivity index (χ3v) is 13.0. The Kier molecular flexibility index (Phi) is 7.91. The van der Waals surface area contributed by atoms with Crippen molar-refractivity contribution in [1.82, 2.24) is 8.80 Å². The van der Waals surface area contributed by atoms with Crippen LogP contribution in [0.3, 0.4) is 0 Å². The zero-order valence-corrected chi connectivity index (χ0v) is 35.3. The molecule has 0 saturated heterocycles. The molecule has 62 heavy (non-hydrogen) atoms. The number of benzene rings is 8. The van der Waals surface area contributed by atoms with E-state index in [1.807, 2.05) is 12.2 Å². The number of hydrogen-bond donors (Lipinski definition) is 0. The summed E-state index contributed by atoms with van der Waals surface area (Å²) in [5.74, 6) is 0. The molecule has 0 unspecified atom stereocenters. The summed E-state index contributed by atoms with van der Waals surface area (Å²) in [4.78, 5) is 4.89. The van der Waals surface area contributed by atoms with Crippen molar-refractivity contribution in [2.24, 2.45) is 0 Å². The fraction of sp³-hybridized carbons (Fsp3) is 0.0690. The summed E-state index contributed by atoms with van der Waals surface area (Å²) in [6.07, 6.45) is 8.23. The number of fused-ring (bicyclic) bond motifs is 9. The van der Waals surface area contributed by atoms with Gasteiger partial charge in [0.1, 0.15) is 0 Å². The number of rotatable bonds is 8. The Morgan fingerprint density at radius 2 is 0.919 bits per heavy atom. The van der Waals surface area contributed by atoms with Gasteiger partial charge in [-0.15, -0.1) is 0 Å². The topological polar surface area (TPSA) is 15.3 Å². The summed E-state index contributed by atoms with van der Waals surface area (Å²) < 4.78 is 5.01. The van der Waals surface area contributed by atoms with Crippen LogP contribution in [0.1, 0.15) is 22.3 Å². The Balaban J connectivity index is 1.16. The summed E-state index contributed by atoms with van der Waals surface area (Å²) in [7, 11) is 0. The molecule has 0 aliphatic heterocycles. The van der Waals surface area contributed by atoms with Gasteiger partial charge in [-0.2, -0.15) is 0 Å². The first-order valence-corrected chi connectivity index (χ1v) is 21.5. The van der Waals surface area contributed by atoms with E-state index in [1.165, 1.54) is 116 Å². The minimum Gasteiger partial charge on any atom is -0.310 e. The molecule has 8 aromatic carbocycles. The minimum atomic E-state index is 1.13. The lowest BCUT2D eigenvalue weighted by Gasteiger charge is -2.29. The van der Waals surface area contributed by atoms with Crippen LogP contribution < -0.4 is 15.1 Å². The van der Waals surface area contributed by atoms with Gasteiger partial charge in [0.05, 0.1) is 44.3 Å². The number of para-hydroxylation sites is 3. The van der Waals surface area contributed by atoms with Gasteiger partial charge in [-0.25, -0.2) is 0 Å². The number of anilines is 6. The van der Waals surface area contributed by atoms with Crippen LogP contribution in [0, 0.1) is 27.7 Å². The highest BCUT2D eigenvalue weighted by Gasteiger charge is 2.28. The molecule has 0 bridgehead atoms. The molecule has 0 aliphatic rings. The van der Waals surface area contributed by atoms with Crippen LogP contribution >= 0.6 is 0 Å². The fourth-order valence-corrected chi connectivity index (χ4v) is 10.5. The maximum absolute atomic E-state index is 3.98. The van der Waals surface area contributed by atoms with E-state index in [4.69, 9.17) is 0 Å². The standard InChI is InChI=1S/C58H44N4/c1-6-7-10-23-50-56-52(60(41-19-13-9-14-20-41)48-29-25-37(3)33-39(48)5)31-27-43-46-34-53-45(35-54(46)62(50)58(43)56)42-26-30-51(55-44-21-15-16-22-49(44)61(53)57(42)55)59(40-17-11-8-12-18-40)47-28-24-36(2)32-38(47)4/h6-35H,1H2,2-5H3/b10-7-,50-23-. The molecule has 0 atom stereocenters. The maximum Gasteiger partial charge on any atom is 0.0656 e. The van der Waals surface area contributed by atoms with Crippen LogP contribution in [-0.4, -0.2) is 8.80 Å². The molecule has 296 valence electrons. The fourth-order valence-electron chi connectivity index (χ4n) is 10.5. The highest BCUT2D eigenvalue weighted by molar-refractivity contribution is 6.30. The van der Waals surface area contributed by atoms with Gasteiger partial charge in [0, 0.05) is 60.5 Å². The number of nitrogens with zero attached hydrogens (tertiary/aromatic N) is 4. The molecule has 4 heteroatoms. The van der Waals surface area contributed by atoms with Crippen molar-refractivity contribution in [2.75, 3.05) is 9.80 Å². The normalized spacial score (nSPS) is 12.6. The predicted molar refractivity (Wildman–Crippen MR) is 266 cm³/mol. The quantitative estimate of drug-likeness (QED) is 0.142. The van der Waals surface area contributed by atoms with Crippen molar-refractivity contribution >= 4 is 105 Å². The van der Waals surface area contributed by atoms with Gasteiger partial charge in [0.15, 0.2) is 0 Å². The molecule has 0 N–H and O–H groups in total. The van der Waals surface area contributed by atoms with E-state index in [1.54, 1.807) is 0 Å². The molecule has 4 aromatic heterocycles. The van der Waals surface area contributed by atoms with Gasteiger partial charge in [-0.3, -0.25) is 0 Å². The van der Waals surface area contributed by atoms with Gasteiger partial charge < -0.3 is 18.6 Å². The van der Waals surface area contributed by atoms with Crippen LogP contribution in [-0.2, 0) is 0 Å². The van der Waals surface area contributed by atoms with Gasteiger partial charge in [0.25, 0.3) is 0 Å². The van der Waals surface area contributed by atoms with E-state index in [0.717, 1.165) is 11.4 Å². The van der Waals surface area contributed by atoms with E-state index in [9.17, 15) is 0 Å². The molecule has 4 heterocycles. The molecule has 4 nitrogen and oxygen atoms in total. The molecule has 0 saturated carbocycles. The molecule has 0 amide bonds. The maximum atomic E-state index is 3.98. The van der Waals surface area contributed by atoms with Crippen LogP contribution in [0.2, 0.25) is 0 Å². The Morgan fingerprint density at radius 3 is 1.48 bits per heavy atom. The molecular formula is C58H44N4. The first kappa shape index (κ1) is 36.1.